The molecule has 0 saturated heterocycles. The number of aromatic nitrogens is 2. The molecule has 3 heterocycles. The van der Waals surface area contributed by atoms with E-state index >= 15 is 0 Å². The lowest BCUT2D eigenvalue weighted by Crippen LogP contribution is -2.19. The van der Waals surface area contributed by atoms with Crippen LogP contribution in [0.5, 0.6) is 0 Å². The topological polar surface area (TPSA) is 29.0 Å². The van der Waals surface area contributed by atoms with Crippen LogP contribution in [-0.2, 0) is 5.41 Å². The molecule has 1 aliphatic carbocycles. The van der Waals surface area contributed by atoms with Crippen molar-refractivity contribution in [1.29, 1.82) is 0 Å². The molecule has 0 amide bonds. The molecule has 0 radical (unpaired) electrons. The molecule has 2 aromatic heterocycles. The summed E-state index contributed by atoms with van der Waals surface area (Å²) in [5.74, 6) is 0.880. The second-order valence-electron chi connectivity index (χ2n) is 12.3. The van der Waals surface area contributed by atoms with Crippen molar-refractivity contribution in [1.82, 2.24) is 9.97 Å². The molecule has 1 aliphatic heterocycles. The predicted octanol–water partition coefficient (Wildman–Crippen LogP) is 10.7. The summed E-state index contributed by atoms with van der Waals surface area (Å²) in [7, 11) is 0. The van der Waals surface area contributed by atoms with Gasteiger partial charge >= 0.3 is 0 Å². The van der Waals surface area contributed by atoms with Crippen LogP contribution in [0.3, 0.4) is 0 Å². The maximum atomic E-state index is 5.00. The molecule has 0 spiro atoms. The summed E-state index contributed by atoms with van der Waals surface area (Å²) in [5.41, 5.74) is 14.5. The zero-order valence-electron chi connectivity index (χ0n) is 24.6. The lowest BCUT2D eigenvalue weighted by Gasteiger charge is -2.35. The van der Waals surface area contributed by atoms with Gasteiger partial charge in [-0.3, -0.25) is 9.88 Å². The van der Waals surface area contributed by atoms with Crippen LogP contribution >= 0.6 is 0 Å². The van der Waals surface area contributed by atoms with Crippen LogP contribution in [0.1, 0.15) is 25.0 Å². The number of rotatable bonds is 3. The van der Waals surface area contributed by atoms with E-state index in [0.717, 1.165) is 28.5 Å². The van der Waals surface area contributed by atoms with Crippen molar-refractivity contribution in [3.63, 3.8) is 0 Å². The van der Waals surface area contributed by atoms with Gasteiger partial charge in [0, 0.05) is 34.3 Å². The van der Waals surface area contributed by atoms with E-state index in [4.69, 9.17) is 4.98 Å². The molecule has 5 aromatic carbocycles. The van der Waals surface area contributed by atoms with Crippen LogP contribution in [0.2, 0.25) is 0 Å². The first-order valence-corrected chi connectivity index (χ1v) is 15.2. The molecule has 0 fully saturated rings. The Balaban J connectivity index is 1.37. The Morgan fingerprint density at radius 1 is 0.500 bits per heavy atom. The Kier molecular flexibility index (Phi) is 5.24. The molecular formula is C41H29N3. The van der Waals surface area contributed by atoms with Crippen LogP contribution in [0.25, 0.3) is 55.4 Å². The fraction of sp³-hybridized carbons (Fsp3) is 0.0732. The maximum absolute atomic E-state index is 5.00. The molecule has 0 unspecified atom stereocenters. The van der Waals surface area contributed by atoms with Crippen LogP contribution in [0, 0.1) is 0 Å². The fourth-order valence-corrected chi connectivity index (χ4v) is 7.42. The molecule has 0 bridgehead atoms. The quantitative estimate of drug-likeness (QED) is 0.214. The summed E-state index contributed by atoms with van der Waals surface area (Å²) < 4.78 is 0. The Morgan fingerprint density at radius 2 is 1.32 bits per heavy atom. The third-order valence-corrected chi connectivity index (χ3v) is 9.51. The molecule has 0 N–H and O–H groups in total. The maximum Gasteiger partial charge on any atom is 0.138 e. The van der Waals surface area contributed by atoms with E-state index in [1.165, 1.54) is 55.3 Å². The highest BCUT2D eigenvalue weighted by Gasteiger charge is 2.38. The van der Waals surface area contributed by atoms with E-state index in [9.17, 15) is 0 Å². The van der Waals surface area contributed by atoms with E-state index in [0.29, 0.717) is 0 Å². The SMILES string of the molecule is CC1(C)c2ccccc2-c2cc3c(cc21)N(c1cc(-c2ccccn2)ccn1)c1ccc(-c2ccccc2)c2cccc-3c12. The van der Waals surface area contributed by atoms with Gasteiger partial charge in [0.15, 0.2) is 0 Å². The zero-order chi connectivity index (χ0) is 29.4. The van der Waals surface area contributed by atoms with Gasteiger partial charge in [-0.05, 0) is 86.8 Å². The van der Waals surface area contributed by atoms with Crippen LogP contribution < -0.4 is 4.90 Å². The molecule has 2 aliphatic rings. The first-order chi connectivity index (χ1) is 21.6. The fourth-order valence-electron chi connectivity index (χ4n) is 7.42. The van der Waals surface area contributed by atoms with E-state index in [1.807, 2.05) is 30.6 Å². The summed E-state index contributed by atoms with van der Waals surface area (Å²) >= 11 is 0. The lowest BCUT2D eigenvalue weighted by molar-refractivity contribution is 0.660. The minimum Gasteiger partial charge on any atom is -0.294 e. The number of fused-ring (bicyclic) bond motifs is 5. The number of hydrogen-bond donors (Lipinski definition) is 0. The third-order valence-electron chi connectivity index (χ3n) is 9.51. The van der Waals surface area contributed by atoms with Gasteiger partial charge < -0.3 is 0 Å². The first kappa shape index (κ1) is 25.0. The number of pyridine rings is 2. The van der Waals surface area contributed by atoms with Crippen LogP contribution in [0.4, 0.5) is 17.2 Å². The molecule has 0 saturated carbocycles. The van der Waals surface area contributed by atoms with Crippen LogP contribution in [-0.4, -0.2) is 9.97 Å². The average molecular weight is 564 g/mol. The van der Waals surface area contributed by atoms with Gasteiger partial charge in [0.25, 0.3) is 0 Å². The molecule has 44 heavy (non-hydrogen) atoms. The van der Waals surface area contributed by atoms with Crippen molar-refractivity contribution >= 4 is 28.0 Å². The third kappa shape index (κ3) is 3.50. The highest BCUT2D eigenvalue weighted by atomic mass is 15.2. The molecule has 3 nitrogen and oxygen atoms in total. The van der Waals surface area contributed by atoms with Crippen molar-refractivity contribution in [3.05, 3.63) is 151 Å². The van der Waals surface area contributed by atoms with E-state index in [2.05, 4.69) is 133 Å². The smallest absolute Gasteiger partial charge is 0.138 e. The summed E-state index contributed by atoms with van der Waals surface area (Å²) in [6, 6.07) is 46.0. The lowest BCUT2D eigenvalue weighted by atomic mass is 9.80. The molecule has 7 aromatic rings. The molecule has 3 heteroatoms. The van der Waals surface area contributed by atoms with E-state index < -0.39 is 0 Å². The van der Waals surface area contributed by atoms with Crippen LogP contribution in [0.15, 0.2) is 140 Å². The van der Waals surface area contributed by atoms with Gasteiger partial charge in [-0.1, -0.05) is 98.8 Å². The highest BCUT2D eigenvalue weighted by molar-refractivity contribution is 6.18. The van der Waals surface area contributed by atoms with Crippen molar-refractivity contribution in [2.75, 3.05) is 4.90 Å². The standard InChI is InChI=1S/C41H29N3/c1-41(2)34-16-7-6-13-29(34)32-24-33-31-15-10-14-30-28(26-11-4-3-5-12-26)18-19-37(40(30)31)44(38(33)25-35(32)41)39-23-27(20-22-43-39)36-17-8-9-21-42-36/h3-25H,1-2H3. The van der Waals surface area contributed by atoms with E-state index in [-0.39, 0.29) is 5.41 Å². The minimum absolute atomic E-state index is 0.112. The summed E-state index contributed by atoms with van der Waals surface area (Å²) in [6.45, 7) is 4.69. The largest absolute Gasteiger partial charge is 0.294 e. The van der Waals surface area contributed by atoms with Gasteiger partial charge in [0.05, 0.1) is 17.1 Å². The average Bonchev–Trinajstić information content (AvgIpc) is 3.30. The highest BCUT2D eigenvalue weighted by Crippen LogP contribution is 2.57. The van der Waals surface area contributed by atoms with Crippen molar-refractivity contribution in [3.8, 4) is 44.6 Å². The Bertz CT molecular complexity index is 2250. The Hall–Kier alpha value is -5.54. The number of anilines is 3. The summed E-state index contributed by atoms with van der Waals surface area (Å²) in [4.78, 5) is 12.0. The van der Waals surface area contributed by atoms with Gasteiger partial charge in [0.2, 0.25) is 0 Å². The van der Waals surface area contributed by atoms with Crippen molar-refractivity contribution < 1.29 is 0 Å². The summed E-state index contributed by atoms with van der Waals surface area (Å²) in [6.07, 6.45) is 3.75. The number of hydrogen-bond acceptors (Lipinski definition) is 3. The molecule has 0 atom stereocenters. The molecular weight excluding hydrogens is 534 g/mol. The van der Waals surface area contributed by atoms with Gasteiger partial charge in [0.1, 0.15) is 5.82 Å². The minimum atomic E-state index is -0.112. The zero-order valence-corrected chi connectivity index (χ0v) is 24.6. The number of benzene rings is 5. The Labute approximate surface area is 257 Å². The first-order valence-electron chi connectivity index (χ1n) is 15.2. The van der Waals surface area contributed by atoms with Gasteiger partial charge in [-0.2, -0.15) is 0 Å². The van der Waals surface area contributed by atoms with Gasteiger partial charge in [-0.25, -0.2) is 4.98 Å². The normalized spacial score (nSPS) is 13.8. The number of nitrogens with zero attached hydrogens (tertiary/aromatic N) is 3. The summed E-state index contributed by atoms with van der Waals surface area (Å²) in [5, 5.41) is 2.49. The second-order valence-corrected chi connectivity index (χ2v) is 12.3. The van der Waals surface area contributed by atoms with Crippen molar-refractivity contribution in [2.24, 2.45) is 0 Å². The second kappa shape index (κ2) is 9.23. The molecule has 9 rings (SSSR count). The Morgan fingerprint density at radius 3 is 2.18 bits per heavy atom. The van der Waals surface area contributed by atoms with E-state index in [1.54, 1.807) is 0 Å². The monoisotopic (exact) mass is 563 g/mol. The molecule has 208 valence electrons. The van der Waals surface area contributed by atoms with Gasteiger partial charge in [-0.15, -0.1) is 0 Å². The predicted molar refractivity (Wildman–Crippen MR) is 182 cm³/mol. The van der Waals surface area contributed by atoms with Crippen molar-refractivity contribution in [2.45, 2.75) is 19.3 Å².